The zero-order valence-corrected chi connectivity index (χ0v) is 11.4. The van der Waals surface area contributed by atoms with Gasteiger partial charge in [-0.05, 0) is 12.1 Å². The number of carboxylic acids is 1. The van der Waals surface area contributed by atoms with Crippen molar-refractivity contribution in [2.75, 3.05) is 7.11 Å². The third kappa shape index (κ3) is 2.49. The van der Waals surface area contributed by atoms with Gasteiger partial charge in [0, 0.05) is 13.0 Å². The monoisotopic (exact) mass is 276 g/mol. The van der Waals surface area contributed by atoms with Crippen molar-refractivity contribution in [1.82, 2.24) is 9.55 Å². The molecule has 0 radical (unpaired) electrons. The molecule has 6 heteroatoms. The maximum atomic E-state index is 11.3. The van der Waals surface area contributed by atoms with Crippen LogP contribution >= 0.6 is 0 Å². The van der Waals surface area contributed by atoms with Gasteiger partial charge in [-0.25, -0.2) is 9.78 Å². The molecule has 2 aromatic rings. The number of ether oxygens (including phenoxy) is 1. The Morgan fingerprint density at radius 3 is 2.75 bits per heavy atom. The zero-order valence-electron chi connectivity index (χ0n) is 11.4. The first kappa shape index (κ1) is 14.0. The summed E-state index contributed by atoms with van der Waals surface area (Å²) in [5.41, 5.74) is 1.36. The van der Waals surface area contributed by atoms with Crippen LogP contribution in [0.15, 0.2) is 18.2 Å². The van der Waals surface area contributed by atoms with Crippen molar-refractivity contribution in [1.29, 1.82) is 0 Å². The molecule has 0 saturated carbocycles. The topological polar surface area (TPSA) is 81.4 Å². The van der Waals surface area contributed by atoms with Crippen molar-refractivity contribution in [3.8, 4) is 0 Å². The molecule has 0 unspecified atom stereocenters. The maximum absolute atomic E-state index is 11.3. The van der Waals surface area contributed by atoms with Gasteiger partial charge in [0.1, 0.15) is 11.3 Å². The van der Waals surface area contributed by atoms with Crippen LogP contribution in [-0.2, 0) is 22.5 Å². The van der Waals surface area contributed by atoms with E-state index in [2.05, 4.69) is 9.72 Å². The molecule has 2 rings (SSSR count). The molecule has 0 fully saturated rings. The van der Waals surface area contributed by atoms with Crippen LogP contribution in [0, 0.1) is 0 Å². The number of para-hydroxylation sites is 1. The molecule has 1 N–H and O–H groups in total. The van der Waals surface area contributed by atoms with E-state index in [1.54, 1.807) is 6.07 Å². The van der Waals surface area contributed by atoms with Gasteiger partial charge in [0.25, 0.3) is 0 Å². The van der Waals surface area contributed by atoms with Crippen molar-refractivity contribution in [2.24, 2.45) is 0 Å². The minimum absolute atomic E-state index is 0.175. The molecular formula is C14H16N2O4. The van der Waals surface area contributed by atoms with Gasteiger partial charge >= 0.3 is 11.9 Å². The first-order chi connectivity index (χ1) is 9.58. The molecule has 106 valence electrons. The van der Waals surface area contributed by atoms with Gasteiger partial charge in [0.15, 0.2) is 0 Å². The van der Waals surface area contributed by atoms with Crippen LogP contribution in [0.3, 0.4) is 0 Å². The summed E-state index contributed by atoms with van der Waals surface area (Å²) in [7, 11) is 1.34. The van der Waals surface area contributed by atoms with E-state index in [1.165, 1.54) is 13.2 Å². The number of rotatable bonds is 5. The Bertz CT molecular complexity index is 660. The van der Waals surface area contributed by atoms with E-state index < -0.39 is 5.97 Å². The number of methoxy groups -OCH3 is 1. The summed E-state index contributed by atoms with van der Waals surface area (Å²) >= 11 is 0. The molecule has 0 bridgehead atoms. The lowest BCUT2D eigenvalue weighted by Crippen LogP contribution is -2.09. The highest BCUT2D eigenvalue weighted by molar-refractivity contribution is 6.01. The fourth-order valence-corrected chi connectivity index (χ4v) is 2.19. The lowest BCUT2D eigenvalue weighted by atomic mass is 10.2. The molecule has 0 atom stereocenters. The number of carbonyl (C=O) groups is 2. The van der Waals surface area contributed by atoms with E-state index in [0.29, 0.717) is 18.5 Å². The quantitative estimate of drug-likeness (QED) is 0.843. The van der Waals surface area contributed by atoms with Crippen LogP contribution in [0.5, 0.6) is 0 Å². The number of carboxylic acid groups (broad SMARTS) is 1. The summed E-state index contributed by atoms with van der Waals surface area (Å²) in [6, 6.07) is 5.02. The number of fused-ring (bicyclic) bond motifs is 1. The van der Waals surface area contributed by atoms with Crippen LogP contribution in [0.1, 0.15) is 29.5 Å². The van der Waals surface area contributed by atoms with Gasteiger partial charge in [0.05, 0.1) is 24.6 Å². The molecule has 0 spiro atoms. The Morgan fingerprint density at radius 2 is 2.15 bits per heavy atom. The van der Waals surface area contributed by atoms with E-state index in [-0.39, 0.29) is 18.0 Å². The van der Waals surface area contributed by atoms with Gasteiger partial charge in [-0.1, -0.05) is 13.0 Å². The molecular weight excluding hydrogens is 260 g/mol. The molecule has 6 nitrogen and oxygen atoms in total. The van der Waals surface area contributed by atoms with E-state index in [4.69, 9.17) is 0 Å². The molecule has 1 heterocycles. The Morgan fingerprint density at radius 1 is 1.40 bits per heavy atom. The van der Waals surface area contributed by atoms with Gasteiger partial charge in [-0.2, -0.15) is 0 Å². The number of carbonyl (C=O) groups excluding carboxylic acids is 1. The Labute approximate surface area is 116 Å². The highest BCUT2D eigenvalue weighted by Gasteiger charge is 2.16. The average Bonchev–Trinajstić information content (AvgIpc) is 2.81. The lowest BCUT2D eigenvalue weighted by molar-refractivity contribution is -0.140. The second-order valence-corrected chi connectivity index (χ2v) is 4.34. The normalized spacial score (nSPS) is 10.7. The predicted octanol–water partition coefficient (Wildman–Crippen LogP) is 1.86. The molecule has 0 aliphatic heterocycles. The Balaban J connectivity index is 2.49. The molecule has 0 saturated heterocycles. The smallest absolute Gasteiger partial charge is 0.337 e. The highest BCUT2D eigenvalue weighted by Crippen LogP contribution is 2.21. The number of esters is 1. The second-order valence-electron chi connectivity index (χ2n) is 4.34. The number of imidazole rings is 1. The molecule has 1 aromatic heterocycles. The first-order valence-electron chi connectivity index (χ1n) is 6.36. The van der Waals surface area contributed by atoms with Gasteiger partial charge in [-0.3, -0.25) is 4.79 Å². The third-order valence-electron chi connectivity index (χ3n) is 3.17. The van der Waals surface area contributed by atoms with E-state index in [9.17, 15) is 14.7 Å². The maximum Gasteiger partial charge on any atom is 0.337 e. The van der Waals surface area contributed by atoms with Crippen molar-refractivity contribution < 1.29 is 19.4 Å². The summed E-state index contributed by atoms with van der Waals surface area (Å²) in [6.45, 7) is 2.37. The Hall–Kier alpha value is -2.37. The standard InChI is InChI=1S/C14H16N2O4/c1-3-11-15-13-9(14(18)19)5-4-6-10(13)16(11)8-7-12(17)20-2/h4-6H,3,7-8H2,1-2H3,(H,18,19). The van der Waals surface area contributed by atoms with Gasteiger partial charge < -0.3 is 14.4 Å². The van der Waals surface area contributed by atoms with Gasteiger partial charge in [0.2, 0.25) is 0 Å². The summed E-state index contributed by atoms with van der Waals surface area (Å²) in [4.78, 5) is 26.9. The summed E-state index contributed by atoms with van der Waals surface area (Å²) in [6.07, 6.45) is 0.890. The molecule has 1 aromatic carbocycles. The summed E-state index contributed by atoms with van der Waals surface area (Å²) in [5.74, 6) is -0.545. The van der Waals surface area contributed by atoms with E-state index in [0.717, 1.165) is 11.3 Å². The van der Waals surface area contributed by atoms with Crippen molar-refractivity contribution >= 4 is 23.0 Å². The van der Waals surface area contributed by atoms with Crippen LogP contribution in [-0.4, -0.2) is 33.7 Å². The minimum atomic E-state index is -1.00. The van der Waals surface area contributed by atoms with E-state index in [1.807, 2.05) is 17.6 Å². The van der Waals surface area contributed by atoms with Crippen LogP contribution < -0.4 is 0 Å². The number of hydrogen-bond donors (Lipinski definition) is 1. The Kier molecular flexibility index (Phi) is 4.02. The first-order valence-corrected chi connectivity index (χ1v) is 6.36. The summed E-state index contributed by atoms with van der Waals surface area (Å²) in [5, 5.41) is 9.19. The molecule has 20 heavy (non-hydrogen) atoms. The summed E-state index contributed by atoms with van der Waals surface area (Å²) < 4.78 is 6.50. The average molecular weight is 276 g/mol. The SMILES string of the molecule is CCc1nc2c(C(=O)O)cccc2n1CCC(=O)OC. The van der Waals surface area contributed by atoms with Crippen LogP contribution in [0.4, 0.5) is 0 Å². The van der Waals surface area contributed by atoms with Crippen molar-refractivity contribution in [3.05, 3.63) is 29.6 Å². The number of hydrogen-bond acceptors (Lipinski definition) is 4. The number of nitrogens with zero attached hydrogens (tertiary/aromatic N) is 2. The number of aromatic carboxylic acids is 1. The van der Waals surface area contributed by atoms with Crippen LogP contribution in [0.2, 0.25) is 0 Å². The largest absolute Gasteiger partial charge is 0.478 e. The number of aromatic nitrogens is 2. The second kappa shape index (κ2) is 5.73. The minimum Gasteiger partial charge on any atom is -0.478 e. The number of benzene rings is 1. The van der Waals surface area contributed by atoms with E-state index >= 15 is 0 Å². The predicted molar refractivity (Wildman–Crippen MR) is 72.7 cm³/mol. The van der Waals surface area contributed by atoms with Crippen molar-refractivity contribution in [2.45, 2.75) is 26.3 Å². The number of aryl methyl sites for hydroxylation is 2. The third-order valence-corrected chi connectivity index (χ3v) is 3.17. The zero-order chi connectivity index (χ0) is 14.7. The molecule has 0 aliphatic rings. The lowest BCUT2D eigenvalue weighted by Gasteiger charge is -2.07. The van der Waals surface area contributed by atoms with Gasteiger partial charge in [-0.15, -0.1) is 0 Å². The molecule has 0 aliphatic carbocycles. The fourth-order valence-electron chi connectivity index (χ4n) is 2.19. The van der Waals surface area contributed by atoms with Crippen molar-refractivity contribution in [3.63, 3.8) is 0 Å². The highest BCUT2D eigenvalue weighted by atomic mass is 16.5. The van der Waals surface area contributed by atoms with Crippen LogP contribution in [0.25, 0.3) is 11.0 Å². The molecule has 0 amide bonds. The fraction of sp³-hybridized carbons (Fsp3) is 0.357.